The minimum absolute atomic E-state index is 0.142. The topological polar surface area (TPSA) is 112 Å². The molecule has 0 bridgehead atoms. The standard InChI is InChI=1S/C21H20ClFN6O.C6H12O2/c1-21(2,23)11-29-9-13-8-28(10-17(13)27-29)14-5-3-12(4-6-14)18-15(22)7-16-19(25-18)26-20(30)24-16;7-5-6-3-1-2-4-8-6/h3-7,9H,8,10-11H2,1-2H3,(H2,24,25,26,30);6-7H,1-5H2. The molecule has 9 nitrogen and oxygen atoms in total. The summed E-state index contributed by atoms with van der Waals surface area (Å²) in [5.41, 5.74) is 4.08. The van der Waals surface area contributed by atoms with E-state index in [9.17, 15) is 9.18 Å². The predicted molar refractivity (Wildman–Crippen MR) is 145 cm³/mol. The summed E-state index contributed by atoms with van der Waals surface area (Å²) in [6.07, 6.45) is 5.49. The molecule has 0 spiro atoms. The quantitative estimate of drug-likeness (QED) is 0.340. The zero-order chi connectivity index (χ0) is 26.9. The van der Waals surface area contributed by atoms with Crippen molar-refractivity contribution in [3.63, 3.8) is 0 Å². The molecular formula is C27H32ClFN6O3. The van der Waals surface area contributed by atoms with Crippen molar-refractivity contribution < 1.29 is 14.2 Å². The van der Waals surface area contributed by atoms with Crippen LogP contribution in [0.2, 0.25) is 5.02 Å². The molecule has 5 heterocycles. The lowest BCUT2D eigenvalue weighted by atomic mass is 10.1. The molecule has 38 heavy (non-hydrogen) atoms. The summed E-state index contributed by atoms with van der Waals surface area (Å²) in [6.45, 7) is 5.81. The zero-order valence-electron chi connectivity index (χ0n) is 21.5. The number of aromatic nitrogens is 5. The van der Waals surface area contributed by atoms with Gasteiger partial charge in [0.05, 0.1) is 47.7 Å². The molecule has 202 valence electrons. The van der Waals surface area contributed by atoms with E-state index in [0.717, 1.165) is 48.5 Å². The van der Waals surface area contributed by atoms with Crippen LogP contribution < -0.4 is 10.6 Å². The fourth-order valence-corrected chi connectivity index (χ4v) is 5.04. The third-order valence-electron chi connectivity index (χ3n) is 6.60. The normalized spacial score (nSPS) is 17.4. The SMILES string of the molecule is CC(C)(F)Cn1cc2c(n1)CN(c1ccc(-c3nc4[nH]c(=O)[nH]c4cc3Cl)cc1)C2.OCC1CCCCO1. The molecule has 3 N–H and O–H groups in total. The van der Waals surface area contributed by atoms with Crippen LogP contribution in [0.15, 0.2) is 41.3 Å². The number of hydrogen-bond acceptors (Lipinski definition) is 6. The summed E-state index contributed by atoms with van der Waals surface area (Å²) < 4.78 is 20.7. The monoisotopic (exact) mass is 542 g/mol. The molecule has 3 aromatic heterocycles. The number of aliphatic hydroxyl groups is 1. The number of halogens is 2. The van der Waals surface area contributed by atoms with Crippen LogP contribution in [-0.2, 0) is 24.4 Å². The van der Waals surface area contributed by atoms with Crippen molar-refractivity contribution >= 4 is 28.5 Å². The van der Waals surface area contributed by atoms with Gasteiger partial charge in [-0.1, -0.05) is 23.7 Å². The largest absolute Gasteiger partial charge is 0.394 e. The Morgan fingerprint density at radius 2 is 2.00 bits per heavy atom. The van der Waals surface area contributed by atoms with Crippen LogP contribution in [0.25, 0.3) is 22.4 Å². The highest BCUT2D eigenvalue weighted by Crippen LogP contribution is 2.32. The van der Waals surface area contributed by atoms with Crippen molar-refractivity contribution in [1.82, 2.24) is 24.7 Å². The Kier molecular flexibility index (Phi) is 7.56. The van der Waals surface area contributed by atoms with Gasteiger partial charge in [-0.05, 0) is 51.3 Å². The number of fused-ring (bicyclic) bond motifs is 2. The zero-order valence-corrected chi connectivity index (χ0v) is 22.3. The highest BCUT2D eigenvalue weighted by atomic mass is 35.5. The lowest BCUT2D eigenvalue weighted by Crippen LogP contribution is -2.22. The summed E-state index contributed by atoms with van der Waals surface area (Å²) in [5, 5.41) is 13.6. The van der Waals surface area contributed by atoms with Gasteiger partial charge in [0.2, 0.25) is 0 Å². The number of alkyl halides is 1. The number of imidazole rings is 1. The Hall–Kier alpha value is -3.21. The van der Waals surface area contributed by atoms with E-state index in [2.05, 4.69) is 25.0 Å². The maximum Gasteiger partial charge on any atom is 0.325 e. The fourth-order valence-electron chi connectivity index (χ4n) is 4.78. The van der Waals surface area contributed by atoms with Crippen LogP contribution in [-0.4, -0.2) is 54.8 Å². The number of H-pyrrole nitrogens is 2. The van der Waals surface area contributed by atoms with Crippen LogP contribution in [0.3, 0.4) is 0 Å². The van der Waals surface area contributed by atoms with Crippen molar-refractivity contribution in [2.24, 2.45) is 0 Å². The summed E-state index contributed by atoms with van der Waals surface area (Å²) in [7, 11) is 0. The third-order valence-corrected chi connectivity index (χ3v) is 6.89. The molecule has 1 atom stereocenters. The number of nitrogens with one attached hydrogen (secondary N) is 2. The van der Waals surface area contributed by atoms with Gasteiger partial charge in [0.1, 0.15) is 5.67 Å². The van der Waals surface area contributed by atoms with Gasteiger partial charge in [-0.15, -0.1) is 0 Å². The van der Waals surface area contributed by atoms with Gasteiger partial charge in [0.15, 0.2) is 5.65 Å². The number of ether oxygens (including phenoxy) is 1. The van der Waals surface area contributed by atoms with Gasteiger partial charge in [0.25, 0.3) is 0 Å². The van der Waals surface area contributed by atoms with E-state index in [1.54, 1.807) is 24.6 Å². The number of benzene rings is 1. The average molecular weight is 543 g/mol. The molecular weight excluding hydrogens is 511 g/mol. The number of nitrogens with zero attached hydrogens (tertiary/aromatic N) is 4. The minimum Gasteiger partial charge on any atom is -0.394 e. The lowest BCUT2D eigenvalue weighted by molar-refractivity contribution is -0.0172. The van der Waals surface area contributed by atoms with Crippen molar-refractivity contribution in [2.75, 3.05) is 18.1 Å². The third kappa shape index (κ3) is 6.09. The van der Waals surface area contributed by atoms with E-state index in [1.807, 2.05) is 30.5 Å². The molecule has 0 amide bonds. The van der Waals surface area contributed by atoms with E-state index >= 15 is 0 Å². The van der Waals surface area contributed by atoms with Gasteiger partial charge >= 0.3 is 5.69 Å². The van der Waals surface area contributed by atoms with Crippen LogP contribution in [0, 0.1) is 0 Å². The first-order valence-electron chi connectivity index (χ1n) is 12.8. The molecule has 0 aliphatic carbocycles. The molecule has 0 radical (unpaired) electrons. The highest BCUT2D eigenvalue weighted by Gasteiger charge is 2.25. The Bertz CT molecular complexity index is 1430. The van der Waals surface area contributed by atoms with E-state index in [0.29, 0.717) is 28.4 Å². The van der Waals surface area contributed by atoms with Gasteiger partial charge in [-0.25, -0.2) is 14.2 Å². The first-order valence-corrected chi connectivity index (χ1v) is 13.2. The molecule has 2 aliphatic heterocycles. The van der Waals surface area contributed by atoms with E-state index in [1.165, 1.54) is 6.42 Å². The molecule has 2 aliphatic rings. The smallest absolute Gasteiger partial charge is 0.325 e. The van der Waals surface area contributed by atoms with Crippen LogP contribution >= 0.6 is 11.6 Å². The Labute approximate surface area is 224 Å². The second-order valence-electron chi connectivity index (χ2n) is 10.4. The van der Waals surface area contributed by atoms with Crippen molar-refractivity contribution in [3.8, 4) is 11.3 Å². The Morgan fingerprint density at radius 3 is 2.63 bits per heavy atom. The number of pyridine rings is 1. The summed E-state index contributed by atoms with van der Waals surface area (Å²) in [4.78, 5) is 23.5. The van der Waals surface area contributed by atoms with Gasteiger partial charge < -0.3 is 19.7 Å². The number of rotatable bonds is 5. The summed E-state index contributed by atoms with van der Waals surface area (Å²) in [5.74, 6) is 0. The first kappa shape index (κ1) is 26.4. The van der Waals surface area contributed by atoms with Crippen LogP contribution in [0.1, 0.15) is 44.4 Å². The summed E-state index contributed by atoms with van der Waals surface area (Å²) in [6, 6.07) is 9.65. The molecule has 0 saturated carbocycles. The van der Waals surface area contributed by atoms with Crippen LogP contribution in [0.5, 0.6) is 0 Å². The molecule has 1 aromatic carbocycles. The van der Waals surface area contributed by atoms with E-state index in [4.69, 9.17) is 21.4 Å². The molecule has 11 heteroatoms. The van der Waals surface area contributed by atoms with Gasteiger partial charge in [-0.2, -0.15) is 5.10 Å². The fraction of sp³-hybridized carbons (Fsp3) is 0.444. The number of hydrogen-bond donors (Lipinski definition) is 3. The average Bonchev–Trinajstić information content (AvgIpc) is 3.55. The van der Waals surface area contributed by atoms with E-state index < -0.39 is 5.67 Å². The van der Waals surface area contributed by atoms with Crippen molar-refractivity contribution in [2.45, 2.75) is 64.5 Å². The maximum absolute atomic E-state index is 13.9. The molecule has 1 fully saturated rings. The summed E-state index contributed by atoms with van der Waals surface area (Å²) >= 11 is 6.37. The molecule has 1 unspecified atom stereocenters. The molecule has 6 rings (SSSR count). The second kappa shape index (κ2) is 10.9. The number of anilines is 1. The first-order chi connectivity index (χ1) is 18.2. The molecule has 1 saturated heterocycles. The van der Waals surface area contributed by atoms with Crippen LogP contribution in [0.4, 0.5) is 10.1 Å². The van der Waals surface area contributed by atoms with Gasteiger partial charge in [-0.3, -0.25) is 9.67 Å². The minimum atomic E-state index is -1.29. The Balaban J connectivity index is 0.000000316. The van der Waals surface area contributed by atoms with Crippen molar-refractivity contribution in [1.29, 1.82) is 0 Å². The second-order valence-corrected chi connectivity index (χ2v) is 10.8. The molecule has 4 aromatic rings. The van der Waals surface area contributed by atoms with Crippen molar-refractivity contribution in [3.05, 3.63) is 63.3 Å². The highest BCUT2D eigenvalue weighted by molar-refractivity contribution is 6.33. The maximum atomic E-state index is 13.9. The lowest BCUT2D eigenvalue weighted by Gasteiger charge is -2.19. The number of aromatic amines is 2. The Morgan fingerprint density at radius 1 is 1.21 bits per heavy atom. The predicted octanol–water partition coefficient (Wildman–Crippen LogP) is 4.58. The van der Waals surface area contributed by atoms with E-state index in [-0.39, 0.29) is 24.9 Å². The van der Waals surface area contributed by atoms with Gasteiger partial charge in [0, 0.05) is 36.2 Å². The number of aliphatic hydroxyl groups excluding tert-OH is 1.